The van der Waals surface area contributed by atoms with Crippen molar-refractivity contribution in [3.05, 3.63) is 54.1 Å². The highest BCUT2D eigenvalue weighted by atomic mass is 16.5. The Kier molecular flexibility index (Phi) is 6.28. The third kappa shape index (κ3) is 5.02. The van der Waals surface area contributed by atoms with Gasteiger partial charge in [-0.3, -0.25) is 0 Å². The standard InChI is InChI=1S/C26H31N5O2/c1-19-7-9-21(10-8-19)25-28-24(29-33-25)20-11-13-23(14-12-20)30-15-17-31(18-16-30)26(32)27-22-5-3-2-4-6-22/h7-14,22H,2-6,15-18H2,1H3,(H,27,32). The van der Waals surface area contributed by atoms with Crippen LogP contribution in [0.25, 0.3) is 22.8 Å². The fourth-order valence-corrected chi connectivity index (χ4v) is 4.66. The van der Waals surface area contributed by atoms with E-state index in [9.17, 15) is 4.79 Å². The molecule has 7 heteroatoms. The molecule has 3 aromatic rings. The predicted octanol–water partition coefficient (Wildman–Crippen LogP) is 4.88. The van der Waals surface area contributed by atoms with Gasteiger partial charge < -0.3 is 19.6 Å². The Morgan fingerprint density at radius 3 is 2.27 bits per heavy atom. The van der Waals surface area contributed by atoms with Gasteiger partial charge in [-0.2, -0.15) is 4.98 Å². The predicted molar refractivity (Wildman–Crippen MR) is 129 cm³/mol. The van der Waals surface area contributed by atoms with Crippen molar-refractivity contribution in [1.29, 1.82) is 0 Å². The van der Waals surface area contributed by atoms with Crippen LogP contribution in [0, 0.1) is 6.92 Å². The third-order valence-electron chi connectivity index (χ3n) is 6.71. The van der Waals surface area contributed by atoms with Gasteiger partial charge in [-0.1, -0.05) is 42.1 Å². The molecule has 1 aliphatic carbocycles. The number of aryl methyl sites for hydroxylation is 1. The molecule has 1 N–H and O–H groups in total. The summed E-state index contributed by atoms with van der Waals surface area (Å²) >= 11 is 0. The summed E-state index contributed by atoms with van der Waals surface area (Å²) in [7, 11) is 0. The molecule has 2 amide bonds. The molecule has 7 nitrogen and oxygen atoms in total. The lowest BCUT2D eigenvalue weighted by Crippen LogP contribution is -2.53. The van der Waals surface area contributed by atoms with Crippen LogP contribution in [0.4, 0.5) is 10.5 Å². The normalized spacial score (nSPS) is 17.2. The van der Waals surface area contributed by atoms with Crippen LogP contribution in [-0.2, 0) is 0 Å². The first kappa shape index (κ1) is 21.5. The van der Waals surface area contributed by atoms with Gasteiger partial charge in [0, 0.05) is 49.0 Å². The minimum atomic E-state index is 0.0957. The number of aromatic nitrogens is 2. The maximum absolute atomic E-state index is 12.6. The molecule has 1 saturated carbocycles. The zero-order valence-electron chi connectivity index (χ0n) is 19.2. The lowest BCUT2D eigenvalue weighted by atomic mass is 9.96. The molecule has 2 heterocycles. The SMILES string of the molecule is Cc1ccc(-c2nc(-c3ccc(N4CCN(C(=O)NC5CCCCC5)CC4)cc3)no2)cc1. The maximum Gasteiger partial charge on any atom is 0.317 e. The number of hydrogen-bond donors (Lipinski definition) is 1. The number of carbonyl (C=O) groups is 1. The van der Waals surface area contributed by atoms with Crippen LogP contribution in [0.5, 0.6) is 0 Å². The molecule has 0 spiro atoms. The quantitative estimate of drug-likeness (QED) is 0.620. The summed E-state index contributed by atoms with van der Waals surface area (Å²) in [6, 6.07) is 16.7. The second-order valence-corrected chi connectivity index (χ2v) is 9.09. The van der Waals surface area contributed by atoms with Crippen LogP contribution >= 0.6 is 0 Å². The van der Waals surface area contributed by atoms with Gasteiger partial charge in [0.25, 0.3) is 5.89 Å². The number of piperazine rings is 1. The molecule has 1 aliphatic heterocycles. The van der Waals surface area contributed by atoms with Crippen LogP contribution in [0.15, 0.2) is 53.1 Å². The van der Waals surface area contributed by atoms with E-state index in [4.69, 9.17) is 4.52 Å². The van der Waals surface area contributed by atoms with Crippen molar-refractivity contribution in [1.82, 2.24) is 20.4 Å². The van der Waals surface area contributed by atoms with Gasteiger partial charge in [0.1, 0.15) is 0 Å². The van der Waals surface area contributed by atoms with E-state index in [1.807, 2.05) is 41.3 Å². The maximum atomic E-state index is 12.6. The van der Waals surface area contributed by atoms with E-state index in [1.54, 1.807) is 0 Å². The number of hydrogen-bond acceptors (Lipinski definition) is 5. The summed E-state index contributed by atoms with van der Waals surface area (Å²) in [4.78, 5) is 21.4. The minimum Gasteiger partial charge on any atom is -0.368 e. The Balaban J connectivity index is 1.17. The van der Waals surface area contributed by atoms with Crippen molar-refractivity contribution in [2.75, 3.05) is 31.1 Å². The van der Waals surface area contributed by atoms with E-state index in [-0.39, 0.29) is 6.03 Å². The van der Waals surface area contributed by atoms with Crippen molar-refractivity contribution in [3.8, 4) is 22.8 Å². The van der Waals surface area contributed by atoms with E-state index in [0.29, 0.717) is 17.8 Å². The molecule has 172 valence electrons. The third-order valence-corrected chi connectivity index (χ3v) is 6.71. The minimum absolute atomic E-state index is 0.0957. The summed E-state index contributed by atoms with van der Waals surface area (Å²) in [5, 5.41) is 7.38. The van der Waals surface area contributed by atoms with Gasteiger partial charge >= 0.3 is 6.03 Å². The number of carbonyl (C=O) groups excluding carboxylic acids is 1. The molecule has 2 fully saturated rings. The van der Waals surface area contributed by atoms with Crippen molar-refractivity contribution >= 4 is 11.7 Å². The molecule has 2 aromatic carbocycles. The van der Waals surface area contributed by atoms with E-state index >= 15 is 0 Å². The van der Waals surface area contributed by atoms with Crippen molar-refractivity contribution in [2.24, 2.45) is 0 Å². The zero-order valence-corrected chi connectivity index (χ0v) is 19.2. The summed E-state index contributed by atoms with van der Waals surface area (Å²) in [6.45, 7) is 5.20. The Morgan fingerprint density at radius 2 is 1.58 bits per heavy atom. The molecule has 2 aliphatic rings. The van der Waals surface area contributed by atoms with Crippen LogP contribution in [0.1, 0.15) is 37.7 Å². The molecule has 1 aromatic heterocycles. The number of anilines is 1. The van der Waals surface area contributed by atoms with Crippen molar-refractivity contribution in [2.45, 2.75) is 45.1 Å². The first-order valence-corrected chi connectivity index (χ1v) is 12.0. The summed E-state index contributed by atoms with van der Waals surface area (Å²) < 4.78 is 5.47. The lowest BCUT2D eigenvalue weighted by molar-refractivity contribution is 0.186. The van der Waals surface area contributed by atoms with E-state index < -0.39 is 0 Å². The molecular weight excluding hydrogens is 414 g/mol. The second kappa shape index (κ2) is 9.65. The van der Waals surface area contributed by atoms with Crippen LogP contribution in [0.2, 0.25) is 0 Å². The highest BCUT2D eigenvalue weighted by Crippen LogP contribution is 2.25. The average Bonchev–Trinajstić information content (AvgIpc) is 3.36. The second-order valence-electron chi connectivity index (χ2n) is 9.09. The largest absolute Gasteiger partial charge is 0.368 e. The van der Waals surface area contributed by atoms with E-state index in [1.165, 1.54) is 24.8 Å². The molecule has 0 radical (unpaired) electrons. The summed E-state index contributed by atoms with van der Waals surface area (Å²) in [5.74, 6) is 1.11. The monoisotopic (exact) mass is 445 g/mol. The van der Waals surface area contributed by atoms with Crippen molar-refractivity contribution in [3.63, 3.8) is 0 Å². The Morgan fingerprint density at radius 1 is 0.909 bits per heavy atom. The summed E-state index contributed by atoms with van der Waals surface area (Å²) in [5.41, 5.74) is 4.18. The van der Waals surface area contributed by atoms with E-state index in [2.05, 4.69) is 39.4 Å². The van der Waals surface area contributed by atoms with Crippen LogP contribution in [-0.4, -0.2) is 53.3 Å². The van der Waals surface area contributed by atoms with Gasteiger partial charge in [-0.05, 0) is 56.2 Å². The number of rotatable bonds is 4. The van der Waals surface area contributed by atoms with Gasteiger partial charge in [-0.15, -0.1) is 0 Å². The highest BCUT2D eigenvalue weighted by molar-refractivity contribution is 5.75. The highest BCUT2D eigenvalue weighted by Gasteiger charge is 2.24. The Bertz CT molecular complexity index is 1060. The Labute approximate surface area is 194 Å². The molecule has 5 rings (SSSR count). The molecule has 0 unspecified atom stereocenters. The topological polar surface area (TPSA) is 74.5 Å². The average molecular weight is 446 g/mol. The number of nitrogens with zero attached hydrogens (tertiary/aromatic N) is 4. The Hall–Kier alpha value is -3.35. The summed E-state index contributed by atoms with van der Waals surface area (Å²) in [6.07, 6.45) is 5.98. The van der Waals surface area contributed by atoms with Gasteiger partial charge in [0.2, 0.25) is 5.82 Å². The van der Waals surface area contributed by atoms with Gasteiger partial charge in [-0.25, -0.2) is 4.79 Å². The van der Waals surface area contributed by atoms with E-state index in [0.717, 1.165) is 55.8 Å². The molecule has 0 atom stereocenters. The smallest absolute Gasteiger partial charge is 0.317 e. The van der Waals surface area contributed by atoms with Crippen LogP contribution in [0.3, 0.4) is 0 Å². The molecular formula is C26H31N5O2. The molecule has 0 bridgehead atoms. The first-order chi connectivity index (χ1) is 16.2. The fourth-order valence-electron chi connectivity index (χ4n) is 4.66. The van der Waals surface area contributed by atoms with Gasteiger partial charge in [0.05, 0.1) is 0 Å². The van der Waals surface area contributed by atoms with Crippen molar-refractivity contribution < 1.29 is 9.32 Å². The number of urea groups is 1. The fraction of sp³-hybridized carbons (Fsp3) is 0.423. The number of nitrogens with one attached hydrogen (secondary N) is 1. The van der Waals surface area contributed by atoms with Crippen LogP contribution < -0.4 is 10.2 Å². The molecule has 33 heavy (non-hydrogen) atoms. The first-order valence-electron chi connectivity index (χ1n) is 12.0. The van der Waals surface area contributed by atoms with Gasteiger partial charge in [0.15, 0.2) is 0 Å². The number of benzene rings is 2. The zero-order chi connectivity index (χ0) is 22.6. The number of amides is 2. The lowest BCUT2D eigenvalue weighted by Gasteiger charge is -2.37. The molecule has 1 saturated heterocycles.